The maximum absolute atomic E-state index is 5.78. The number of hydrogen-bond acceptors (Lipinski definition) is 3. The molecular formula is C9H7ClOS2. The third-order valence-corrected chi connectivity index (χ3v) is 3.34. The molecular weight excluding hydrogens is 224 g/mol. The van der Waals surface area contributed by atoms with Crippen molar-refractivity contribution < 1.29 is 4.74 Å². The van der Waals surface area contributed by atoms with Crippen molar-refractivity contribution in [3.63, 3.8) is 0 Å². The Bertz CT molecular complexity index is 323. The third-order valence-electron chi connectivity index (χ3n) is 1.83. The Kier molecular flexibility index (Phi) is 2.77. The molecule has 13 heavy (non-hydrogen) atoms. The van der Waals surface area contributed by atoms with Gasteiger partial charge in [0.15, 0.2) is 0 Å². The Morgan fingerprint density at radius 2 is 2.08 bits per heavy atom. The van der Waals surface area contributed by atoms with Gasteiger partial charge in [-0.2, -0.15) is 0 Å². The smallest absolute Gasteiger partial charge is 0.220 e. The van der Waals surface area contributed by atoms with Crippen molar-refractivity contribution in [3.05, 3.63) is 34.9 Å². The van der Waals surface area contributed by atoms with Gasteiger partial charge in [0.05, 0.1) is 0 Å². The average Bonchev–Trinajstić information content (AvgIpc) is 2.53. The summed E-state index contributed by atoms with van der Waals surface area (Å²) < 4.78 is 6.08. The van der Waals surface area contributed by atoms with Crippen molar-refractivity contribution >= 4 is 40.0 Å². The fraction of sp³-hybridized carbons (Fsp3) is 0.222. The van der Waals surface area contributed by atoms with Gasteiger partial charge in [-0.3, -0.25) is 0 Å². The van der Waals surface area contributed by atoms with E-state index in [4.69, 9.17) is 28.6 Å². The molecule has 68 valence electrons. The van der Waals surface area contributed by atoms with Crippen LogP contribution in [0.1, 0.15) is 11.7 Å². The summed E-state index contributed by atoms with van der Waals surface area (Å²) in [4.78, 5) is 0. The van der Waals surface area contributed by atoms with E-state index in [1.165, 1.54) is 0 Å². The van der Waals surface area contributed by atoms with Crippen molar-refractivity contribution in [1.29, 1.82) is 0 Å². The first-order valence-electron chi connectivity index (χ1n) is 3.84. The Morgan fingerprint density at radius 3 is 2.62 bits per heavy atom. The second kappa shape index (κ2) is 3.86. The summed E-state index contributed by atoms with van der Waals surface area (Å²) in [6.07, 6.45) is 0.106. The summed E-state index contributed by atoms with van der Waals surface area (Å²) in [5.41, 5.74) is 1.14. The van der Waals surface area contributed by atoms with Gasteiger partial charge in [0.25, 0.3) is 0 Å². The predicted molar refractivity (Wildman–Crippen MR) is 60.3 cm³/mol. The SMILES string of the molecule is S=C1OC(c2ccc(Cl)cc2)CS1. The lowest BCUT2D eigenvalue weighted by atomic mass is 10.1. The molecule has 1 saturated heterocycles. The van der Waals surface area contributed by atoms with Crippen LogP contribution >= 0.6 is 35.6 Å². The summed E-state index contributed by atoms with van der Waals surface area (Å²) in [6.45, 7) is 0. The lowest BCUT2D eigenvalue weighted by molar-refractivity contribution is 0.242. The number of ether oxygens (including phenoxy) is 1. The molecule has 1 fully saturated rings. The molecule has 0 aromatic heterocycles. The van der Waals surface area contributed by atoms with E-state index in [1.54, 1.807) is 11.8 Å². The summed E-state index contributed by atoms with van der Waals surface area (Å²) in [5.74, 6) is 0.903. The number of hydrogen-bond donors (Lipinski definition) is 0. The van der Waals surface area contributed by atoms with Crippen LogP contribution in [0.25, 0.3) is 0 Å². The fourth-order valence-corrected chi connectivity index (χ4v) is 2.35. The van der Waals surface area contributed by atoms with Crippen molar-refractivity contribution in [1.82, 2.24) is 0 Å². The summed E-state index contributed by atoms with van der Waals surface area (Å²) in [7, 11) is 0. The van der Waals surface area contributed by atoms with E-state index in [0.717, 1.165) is 16.3 Å². The second-order valence-corrected chi connectivity index (χ2v) is 4.78. The average molecular weight is 231 g/mol. The Hall–Kier alpha value is -0.250. The molecule has 1 heterocycles. The van der Waals surface area contributed by atoms with Crippen LogP contribution in [0.3, 0.4) is 0 Å². The molecule has 0 radical (unpaired) electrons. The van der Waals surface area contributed by atoms with Crippen LogP contribution in [-0.4, -0.2) is 10.1 Å². The zero-order chi connectivity index (χ0) is 9.26. The largest absolute Gasteiger partial charge is 0.469 e. The van der Waals surface area contributed by atoms with Gasteiger partial charge in [-0.25, -0.2) is 0 Å². The van der Waals surface area contributed by atoms with Crippen molar-refractivity contribution in [2.45, 2.75) is 6.10 Å². The molecule has 2 rings (SSSR count). The first-order valence-corrected chi connectivity index (χ1v) is 5.62. The summed E-state index contributed by atoms with van der Waals surface area (Å²) in [6, 6.07) is 7.68. The van der Waals surface area contributed by atoms with Gasteiger partial charge in [-0.15, -0.1) is 0 Å². The third kappa shape index (κ3) is 2.16. The molecule has 4 heteroatoms. The highest BCUT2D eigenvalue weighted by Crippen LogP contribution is 2.32. The minimum atomic E-state index is 0.106. The van der Waals surface area contributed by atoms with Crippen LogP contribution in [0, 0.1) is 0 Å². The van der Waals surface area contributed by atoms with Crippen LogP contribution in [0.4, 0.5) is 0 Å². The van der Waals surface area contributed by atoms with E-state index in [1.807, 2.05) is 24.3 Å². The Balaban J connectivity index is 2.17. The molecule has 0 amide bonds. The summed E-state index contributed by atoms with van der Waals surface area (Å²) >= 11 is 12.3. The molecule has 1 atom stereocenters. The summed E-state index contributed by atoms with van der Waals surface area (Å²) in [5, 5.41) is 0.747. The van der Waals surface area contributed by atoms with Gasteiger partial charge in [0.2, 0.25) is 4.38 Å². The lowest BCUT2D eigenvalue weighted by Crippen LogP contribution is -1.99. The molecule has 0 N–H and O–H groups in total. The molecule has 1 aliphatic rings. The zero-order valence-corrected chi connectivity index (χ0v) is 9.09. The van der Waals surface area contributed by atoms with E-state index in [2.05, 4.69) is 0 Å². The van der Waals surface area contributed by atoms with Gasteiger partial charge < -0.3 is 4.74 Å². The van der Waals surface area contributed by atoms with Gasteiger partial charge in [-0.05, 0) is 29.9 Å². The first-order chi connectivity index (χ1) is 6.25. The molecule has 0 saturated carbocycles. The maximum atomic E-state index is 5.78. The standard InChI is InChI=1S/C9H7ClOS2/c10-7-3-1-6(2-4-7)8-5-13-9(12)11-8/h1-4,8H,5H2. The Labute approximate surface area is 91.4 Å². The van der Waals surface area contributed by atoms with E-state index in [0.29, 0.717) is 4.38 Å². The van der Waals surface area contributed by atoms with E-state index < -0.39 is 0 Å². The van der Waals surface area contributed by atoms with Crippen LogP contribution in [0.2, 0.25) is 5.02 Å². The van der Waals surface area contributed by atoms with Gasteiger partial charge in [0.1, 0.15) is 6.10 Å². The second-order valence-electron chi connectivity index (χ2n) is 2.72. The highest BCUT2D eigenvalue weighted by Gasteiger charge is 2.22. The first kappa shape index (κ1) is 9.31. The van der Waals surface area contributed by atoms with Crippen LogP contribution in [0.15, 0.2) is 24.3 Å². The zero-order valence-electron chi connectivity index (χ0n) is 6.70. The molecule has 0 aliphatic carbocycles. The van der Waals surface area contributed by atoms with Crippen LogP contribution < -0.4 is 0 Å². The molecule has 1 aromatic rings. The van der Waals surface area contributed by atoms with Crippen LogP contribution in [-0.2, 0) is 4.74 Å². The fourth-order valence-electron chi connectivity index (χ4n) is 1.17. The minimum absolute atomic E-state index is 0.106. The monoisotopic (exact) mass is 230 g/mol. The topological polar surface area (TPSA) is 9.23 Å². The number of rotatable bonds is 1. The predicted octanol–water partition coefficient (Wildman–Crippen LogP) is 3.43. The van der Waals surface area contributed by atoms with Gasteiger partial charge in [-0.1, -0.05) is 35.5 Å². The van der Waals surface area contributed by atoms with E-state index >= 15 is 0 Å². The minimum Gasteiger partial charge on any atom is -0.469 e. The number of thioether (sulfide) groups is 1. The molecule has 1 aromatic carbocycles. The normalized spacial score (nSPS) is 21.6. The van der Waals surface area contributed by atoms with Gasteiger partial charge in [0, 0.05) is 10.8 Å². The number of thiocarbonyl (C=S) groups is 1. The van der Waals surface area contributed by atoms with E-state index in [-0.39, 0.29) is 6.10 Å². The van der Waals surface area contributed by atoms with Crippen molar-refractivity contribution in [2.24, 2.45) is 0 Å². The molecule has 1 aliphatic heterocycles. The quantitative estimate of drug-likeness (QED) is 0.685. The molecule has 0 spiro atoms. The highest BCUT2D eigenvalue weighted by atomic mass is 35.5. The lowest BCUT2D eigenvalue weighted by Gasteiger charge is -2.08. The van der Waals surface area contributed by atoms with Crippen molar-refractivity contribution in [3.8, 4) is 0 Å². The number of halogens is 1. The maximum Gasteiger partial charge on any atom is 0.220 e. The van der Waals surface area contributed by atoms with Crippen molar-refractivity contribution in [2.75, 3.05) is 5.75 Å². The highest BCUT2D eigenvalue weighted by molar-refractivity contribution is 8.22. The van der Waals surface area contributed by atoms with Crippen LogP contribution in [0.5, 0.6) is 0 Å². The van der Waals surface area contributed by atoms with E-state index in [9.17, 15) is 0 Å². The number of benzene rings is 1. The molecule has 1 unspecified atom stereocenters. The molecule has 0 bridgehead atoms. The Morgan fingerprint density at radius 1 is 1.38 bits per heavy atom. The van der Waals surface area contributed by atoms with Gasteiger partial charge >= 0.3 is 0 Å². The molecule has 1 nitrogen and oxygen atoms in total.